The van der Waals surface area contributed by atoms with Crippen LogP contribution in [0.1, 0.15) is 24.4 Å². The monoisotopic (exact) mass is 419 g/mol. The van der Waals surface area contributed by atoms with Crippen LogP contribution >= 0.6 is 0 Å². The lowest BCUT2D eigenvalue weighted by Crippen LogP contribution is -3.09. The summed E-state index contributed by atoms with van der Waals surface area (Å²) in [6.45, 7) is 0.523. The van der Waals surface area contributed by atoms with Crippen LogP contribution in [-0.2, 0) is 22.8 Å². The van der Waals surface area contributed by atoms with E-state index in [1.165, 1.54) is 0 Å². The van der Waals surface area contributed by atoms with Crippen molar-refractivity contribution in [1.29, 1.82) is 0 Å². The molecule has 0 bridgehead atoms. The van der Waals surface area contributed by atoms with E-state index >= 15 is 0 Å². The first-order chi connectivity index (χ1) is 13.4. The molecule has 2 aromatic rings. The zero-order valence-corrected chi connectivity index (χ0v) is 14.9. The summed E-state index contributed by atoms with van der Waals surface area (Å²) in [4.78, 5) is 35.8. The minimum absolute atomic E-state index is 0.144. The van der Waals surface area contributed by atoms with Crippen molar-refractivity contribution in [2.75, 3.05) is 6.73 Å². The highest BCUT2D eigenvalue weighted by atomic mass is 19.4. The molecule has 0 fully saturated rings. The Morgan fingerprint density at radius 2 is 1.97 bits per heavy atom. The second-order valence-electron chi connectivity index (χ2n) is 6.13. The molecular formula is C16H13F4N3O6. The number of hydrogen-bond donors (Lipinski definition) is 1. The number of carbonyl (C=O) groups excluding carboxylic acids is 1. The van der Waals surface area contributed by atoms with Crippen molar-refractivity contribution < 1.29 is 36.9 Å². The number of halogens is 4. The smallest absolute Gasteiger partial charge is 0.431 e. The molecule has 1 aromatic heterocycles. The van der Waals surface area contributed by atoms with Gasteiger partial charge in [0.25, 0.3) is 11.8 Å². The summed E-state index contributed by atoms with van der Waals surface area (Å²) < 4.78 is 63.8. The van der Waals surface area contributed by atoms with Gasteiger partial charge in [-0.1, -0.05) is 0 Å². The molecule has 0 radical (unpaired) electrons. The van der Waals surface area contributed by atoms with Gasteiger partial charge < -0.3 is 19.7 Å². The number of hydrogen-bond acceptors (Lipinski definition) is 6. The Labute approximate surface area is 158 Å². The van der Waals surface area contributed by atoms with Gasteiger partial charge in [0.1, 0.15) is 11.4 Å². The number of hydroxylamine groups is 2. The molecule has 1 aromatic carbocycles. The molecule has 0 amide bonds. The average molecular weight is 419 g/mol. The number of nitrogens with one attached hydrogen (secondary N) is 1. The molecule has 156 valence electrons. The van der Waals surface area contributed by atoms with Gasteiger partial charge in [-0.25, -0.2) is 13.8 Å². The van der Waals surface area contributed by atoms with Crippen molar-refractivity contribution in [3.63, 3.8) is 0 Å². The molecule has 3 rings (SSSR count). The summed E-state index contributed by atoms with van der Waals surface area (Å²) in [7, 11) is 0.770. The number of ether oxygens (including phenoxy) is 2. The summed E-state index contributed by atoms with van der Waals surface area (Å²) in [5, 5.41) is 11.3. The maximum Gasteiger partial charge on any atom is 0.431 e. The number of nitrogens with zero attached hydrogens (tertiary/aromatic N) is 2. The number of fused-ring (bicyclic) bond motifs is 1. The zero-order chi connectivity index (χ0) is 21.7. The van der Waals surface area contributed by atoms with Gasteiger partial charge >= 0.3 is 17.8 Å². The summed E-state index contributed by atoms with van der Waals surface area (Å²) >= 11 is 0. The van der Waals surface area contributed by atoms with E-state index in [-0.39, 0.29) is 26.5 Å². The van der Waals surface area contributed by atoms with E-state index in [9.17, 15) is 37.2 Å². The summed E-state index contributed by atoms with van der Waals surface area (Å²) in [5.74, 6) is -2.17. The molecule has 1 N–H and O–H groups in total. The number of esters is 1. The van der Waals surface area contributed by atoms with Gasteiger partial charge in [-0.3, -0.25) is 14.2 Å². The van der Waals surface area contributed by atoms with E-state index in [4.69, 9.17) is 9.47 Å². The fraction of sp³-hybridized carbons (Fsp3) is 0.312. The van der Waals surface area contributed by atoms with E-state index in [1.807, 2.05) is 0 Å². The van der Waals surface area contributed by atoms with E-state index in [1.54, 1.807) is 0 Å². The van der Waals surface area contributed by atoms with Crippen LogP contribution in [0.5, 0.6) is 5.75 Å². The summed E-state index contributed by atoms with van der Waals surface area (Å²) in [6.07, 6.45) is -6.47. The van der Waals surface area contributed by atoms with Gasteiger partial charge in [0.05, 0.1) is 11.3 Å². The maximum absolute atomic E-state index is 14.6. The molecule has 0 spiro atoms. The molecule has 1 aliphatic heterocycles. The van der Waals surface area contributed by atoms with Gasteiger partial charge in [0.2, 0.25) is 6.73 Å². The van der Waals surface area contributed by atoms with Gasteiger partial charge in [-0.05, 0) is 6.07 Å². The molecule has 0 saturated carbocycles. The maximum atomic E-state index is 14.6. The molecular weight excluding hydrogens is 406 g/mol. The van der Waals surface area contributed by atoms with E-state index in [0.717, 1.165) is 26.1 Å². The lowest BCUT2D eigenvalue weighted by Gasteiger charge is -2.35. The van der Waals surface area contributed by atoms with E-state index in [2.05, 4.69) is 0 Å². The Hall–Kier alpha value is -3.19. The van der Waals surface area contributed by atoms with Crippen LogP contribution in [0, 0.1) is 11.0 Å². The van der Waals surface area contributed by atoms with Crippen LogP contribution in [0.4, 0.5) is 17.6 Å². The Kier molecular flexibility index (Phi) is 4.96. The number of aromatic nitrogens is 2. The van der Waals surface area contributed by atoms with Crippen LogP contribution in [0.25, 0.3) is 5.69 Å². The molecule has 2 heterocycles. The Balaban J connectivity index is 2.25. The minimum Gasteiger partial charge on any atom is -0.629 e. The van der Waals surface area contributed by atoms with Crippen molar-refractivity contribution >= 4 is 5.97 Å². The Morgan fingerprint density at radius 1 is 1.31 bits per heavy atom. The van der Waals surface area contributed by atoms with Crippen molar-refractivity contribution in [2.24, 2.45) is 7.05 Å². The minimum atomic E-state index is -4.98. The van der Waals surface area contributed by atoms with Crippen molar-refractivity contribution in [1.82, 2.24) is 9.13 Å². The van der Waals surface area contributed by atoms with Gasteiger partial charge in [-0.15, -0.1) is 0 Å². The molecule has 0 saturated heterocycles. The normalized spacial score (nSPS) is 18.7. The topological polar surface area (TPSA) is 107 Å². The molecule has 1 aliphatic rings. The molecule has 29 heavy (non-hydrogen) atoms. The summed E-state index contributed by atoms with van der Waals surface area (Å²) in [5.41, 5.74) is -5.29. The quantitative estimate of drug-likeness (QED) is 0.417. The predicted octanol–water partition coefficient (Wildman–Crippen LogP) is -0.0116. The second kappa shape index (κ2) is 7.00. The van der Waals surface area contributed by atoms with Crippen LogP contribution in [0.3, 0.4) is 0 Å². The second-order valence-corrected chi connectivity index (χ2v) is 6.13. The van der Waals surface area contributed by atoms with Crippen molar-refractivity contribution in [3.05, 3.63) is 61.3 Å². The molecule has 13 heteroatoms. The number of benzene rings is 1. The number of carbonyl (C=O) groups is 1. The molecule has 2 atom stereocenters. The highest BCUT2D eigenvalue weighted by Gasteiger charge is 2.36. The van der Waals surface area contributed by atoms with E-state index < -0.39 is 58.6 Å². The highest BCUT2D eigenvalue weighted by Crippen LogP contribution is 2.31. The number of rotatable bonds is 2. The SMILES string of the molecule is CC(=O)OC1c2cc(-n3c(=O)cc(C(F)(F)F)n(C)c3=O)c(F)cc2OC[NH+]1[O-]. The largest absolute Gasteiger partial charge is 0.629 e. The van der Waals surface area contributed by atoms with Gasteiger partial charge in [0.15, 0.2) is 5.82 Å². The third-order valence-corrected chi connectivity index (χ3v) is 4.16. The Morgan fingerprint density at radius 3 is 2.55 bits per heavy atom. The lowest BCUT2D eigenvalue weighted by atomic mass is 10.1. The van der Waals surface area contributed by atoms with Gasteiger partial charge in [-0.2, -0.15) is 13.2 Å². The van der Waals surface area contributed by atoms with Crippen molar-refractivity contribution in [3.8, 4) is 11.4 Å². The van der Waals surface area contributed by atoms with E-state index in [0.29, 0.717) is 0 Å². The third-order valence-electron chi connectivity index (χ3n) is 4.16. The first-order valence-electron chi connectivity index (χ1n) is 7.98. The first-order valence-corrected chi connectivity index (χ1v) is 7.98. The summed E-state index contributed by atoms with van der Waals surface area (Å²) in [6, 6.07) is 1.74. The van der Waals surface area contributed by atoms with Crippen LogP contribution in [0.15, 0.2) is 27.8 Å². The number of alkyl halides is 3. The number of quaternary nitrogens is 1. The van der Waals surface area contributed by atoms with Crippen LogP contribution in [0.2, 0.25) is 0 Å². The fourth-order valence-electron chi connectivity index (χ4n) is 2.87. The zero-order valence-electron chi connectivity index (χ0n) is 14.9. The molecule has 0 aliphatic carbocycles. The Bertz CT molecular complexity index is 1110. The first kappa shape index (κ1) is 20.5. The molecule has 9 nitrogen and oxygen atoms in total. The highest BCUT2D eigenvalue weighted by molar-refractivity contribution is 5.66. The standard InChI is InChI=1S/C16H13F4N3O6/c1-7(24)29-14-8-3-10(9(17)4-11(8)28-6-22(14)27)23-13(25)5-12(16(18,19)20)21(2)15(23)26/h3-5,14,22H,6H2,1-2H3. The van der Waals surface area contributed by atoms with Crippen LogP contribution < -0.4 is 21.0 Å². The van der Waals surface area contributed by atoms with Crippen LogP contribution in [-0.4, -0.2) is 21.8 Å². The fourth-order valence-corrected chi connectivity index (χ4v) is 2.87. The average Bonchev–Trinajstić information content (AvgIpc) is 2.60. The van der Waals surface area contributed by atoms with Crippen molar-refractivity contribution in [2.45, 2.75) is 19.3 Å². The lowest BCUT2D eigenvalue weighted by molar-refractivity contribution is -0.924. The molecule has 2 unspecified atom stereocenters. The van der Waals surface area contributed by atoms with Gasteiger partial charge in [0, 0.05) is 26.1 Å². The predicted molar refractivity (Wildman–Crippen MR) is 86.6 cm³/mol. The third kappa shape index (κ3) is 3.61.